The molecule has 0 bridgehead atoms. The minimum atomic E-state index is -0.0230. The number of aryl methyl sites for hydroxylation is 1. The normalized spacial score (nSPS) is 14.0. The van der Waals surface area contributed by atoms with Crippen molar-refractivity contribution in [3.05, 3.63) is 39.9 Å². The lowest BCUT2D eigenvalue weighted by Gasteiger charge is -2.13. The summed E-state index contributed by atoms with van der Waals surface area (Å²) in [4.78, 5) is 22.0. The standard InChI is InChI=1S/C15H19N3O.C2H6.CH4O/c1-11-5-4-6-12-14(11)16-13(17-15(12)19)7-10-18-8-2-3-9-18;2*1-2/h4-6H,2-3,7-10H2,1H3,(H,16,17,19);1-2H3;2H,1H3. The van der Waals surface area contributed by atoms with E-state index in [0.29, 0.717) is 5.39 Å². The van der Waals surface area contributed by atoms with Gasteiger partial charge in [-0.15, -0.1) is 0 Å². The van der Waals surface area contributed by atoms with Crippen molar-refractivity contribution >= 4 is 10.9 Å². The molecule has 0 amide bonds. The van der Waals surface area contributed by atoms with E-state index >= 15 is 0 Å². The van der Waals surface area contributed by atoms with Crippen LogP contribution in [0.4, 0.5) is 0 Å². The third kappa shape index (κ3) is 5.15. The Morgan fingerprint density at radius 2 is 1.87 bits per heavy atom. The largest absolute Gasteiger partial charge is 0.400 e. The number of fused-ring (bicyclic) bond motifs is 1. The van der Waals surface area contributed by atoms with Crippen LogP contribution in [0.3, 0.4) is 0 Å². The van der Waals surface area contributed by atoms with Gasteiger partial charge in [0.25, 0.3) is 5.56 Å². The fourth-order valence-corrected chi connectivity index (χ4v) is 2.74. The van der Waals surface area contributed by atoms with Crippen molar-refractivity contribution in [3.8, 4) is 0 Å². The van der Waals surface area contributed by atoms with Gasteiger partial charge in [-0.1, -0.05) is 26.0 Å². The van der Waals surface area contributed by atoms with E-state index in [1.165, 1.54) is 25.9 Å². The van der Waals surface area contributed by atoms with Crippen LogP contribution in [0.5, 0.6) is 0 Å². The maximum Gasteiger partial charge on any atom is 0.258 e. The van der Waals surface area contributed by atoms with Crippen LogP contribution in [-0.4, -0.2) is 46.7 Å². The molecule has 0 saturated carbocycles. The van der Waals surface area contributed by atoms with Crippen LogP contribution in [0.15, 0.2) is 23.0 Å². The maximum absolute atomic E-state index is 12.0. The Morgan fingerprint density at radius 1 is 1.22 bits per heavy atom. The number of hydrogen-bond acceptors (Lipinski definition) is 4. The highest BCUT2D eigenvalue weighted by Gasteiger charge is 2.12. The molecule has 1 aromatic heterocycles. The first kappa shape index (κ1) is 19.3. The van der Waals surface area contributed by atoms with Crippen LogP contribution in [0, 0.1) is 6.92 Å². The smallest absolute Gasteiger partial charge is 0.258 e. The van der Waals surface area contributed by atoms with Gasteiger partial charge in [-0.25, -0.2) is 4.98 Å². The molecule has 5 nitrogen and oxygen atoms in total. The summed E-state index contributed by atoms with van der Waals surface area (Å²) < 4.78 is 0. The average Bonchev–Trinajstić information content (AvgIpc) is 3.11. The van der Waals surface area contributed by atoms with Crippen molar-refractivity contribution in [1.82, 2.24) is 14.9 Å². The van der Waals surface area contributed by atoms with Crippen molar-refractivity contribution < 1.29 is 5.11 Å². The van der Waals surface area contributed by atoms with Gasteiger partial charge in [0.1, 0.15) is 5.82 Å². The Morgan fingerprint density at radius 3 is 2.52 bits per heavy atom. The number of aromatic amines is 1. The fourth-order valence-electron chi connectivity index (χ4n) is 2.74. The predicted molar refractivity (Wildman–Crippen MR) is 96.0 cm³/mol. The Balaban J connectivity index is 0.000000615. The maximum atomic E-state index is 12.0. The first-order valence-electron chi connectivity index (χ1n) is 8.39. The zero-order valence-corrected chi connectivity index (χ0v) is 14.7. The van der Waals surface area contributed by atoms with E-state index in [1.807, 2.05) is 39.0 Å². The van der Waals surface area contributed by atoms with Crippen LogP contribution >= 0.6 is 0 Å². The Labute approximate surface area is 138 Å². The van der Waals surface area contributed by atoms with Gasteiger partial charge in [0.2, 0.25) is 0 Å². The highest BCUT2D eigenvalue weighted by molar-refractivity contribution is 5.80. The molecule has 1 saturated heterocycles. The van der Waals surface area contributed by atoms with Crippen molar-refractivity contribution in [2.24, 2.45) is 0 Å². The van der Waals surface area contributed by atoms with Gasteiger partial charge in [0.15, 0.2) is 0 Å². The molecule has 0 spiro atoms. The number of benzene rings is 1. The molecule has 3 rings (SSSR count). The summed E-state index contributed by atoms with van der Waals surface area (Å²) in [5.41, 5.74) is 1.87. The van der Waals surface area contributed by atoms with E-state index in [0.717, 1.165) is 37.0 Å². The third-order valence-corrected chi connectivity index (χ3v) is 3.85. The third-order valence-electron chi connectivity index (χ3n) is 3.85. The van der Waals surface area contributed by atoms with Crippen molar-refractivity contribution in [2.75, 3.05) is 26.7 Å². The molecule has 23 heavy (non-hydrogen) atoms. The van der Waals surface area contributed by atoms with E-state index in [4.69, 9.17) is 5.11 Å². The molecule has 5 heteroatoms. The number of para-hydroxylation sites is 1. The van der Waals surface area contributed by atoms with Crippen molar-refractivity contribution in [1.29, 1.82) is 0 Å². The Kier molecular flexibility index (Phi) is 8.51. The van der Waals surface area contributed by atoms with Gasteiger partial charge >= 0.3 is 0 Å². The summed E-state index contributed by atoms with van der Waals surface area (Å²) >= 11 is 0. The lowest BCUT2D eigenvalue weighted by Crippen LogP contribution is -2.24. The molecule has 0 unspecified atom stereocenters. The Bertz CT molecular complexity index is 646. The number of rotatable bonds is 3. The van der Waals surface area contributed by atoms with Crippen molar-refractivity contribution in [3.63, 3.8) is 0 Å². The lowest BCUT2D eigenvalue weighted by molar-refractivity contribution is 0.341. The molecule has 1 aromatic carbocycles. The van der Waals surface area contributed by atoms with Crippen LogP contribution < -0.4 is 5.56 Å². The van der Waals surface area contributed by atoms with Crippen LogP contribution in [0.2, 0.25) is 0 Å². The number of H-pyrrole nitrogens is 1. The number of nitrogens with one attached hydrogen (secondary N) is 1. The van der Waals surface area contributed by atoms with Crippen LogP contribution in [0.25, 0.3) is 10.9 Å². The quantitative estimate of drug-likeness (QED) is 0.912. The molecule has 2 aromatic rings. The minimum absolute atomic E-state index is 0.0230. The number of nitrogens with zero attached hydrogens (tertiary/aromatic N) is 2. The molecule has 1 aliphatic heterocycles. The molecule has 0 aliphatic carbocycles. The molecular formula is C18H29N3O2. The molecule has 0 radical (unpaired) electrons. The Hall–Kier alpha value is -1.72. The van der Waals surface area contributed by atoms with Gasteiger partial charge in [-0.2, -0.15) is 0 Å². The van der Waals surface area contributed by atoms with Gasteiger partial charge in [-0.3, -0.25) is 4.79 Å². The lowest BCUT2D eigenvalue weighted by atomic mass is 10.1. The van der Waals surface area contributed by atoms with Crippen LogP contribution in [0.1, 0.15) is 38.1 Å². The van der Waals surface area contributed by atoms with Gasteiger partial charge in [-0.05, 0) is 44.5 Å². The first-order valence-corrected chi connectivity index (χ1v) is 8.39. The van der Waals surface area contributed by atoms with Gasteiger partial charge in [0.05, 0.1) is 10.9 Å². The summed E-state index contributed by atoms with van der Waals surface area (Å²) in [6.07, 6.45) is 3.40. The number of aliphatic hydroxyl groups excluding tert-OH is 1. The number of hydrogen-bond donors (Lipinski definition) is 2. The molecule has 2 N–H and O–H groups in total. The molecule has 0 atom stereocenters. The highest BCUT2D eigenvalue weighted by atomic mass is 16.2. The second kappa shape index (κ2) is 10.1. The van der Waals surface area contributed by atoms with E-state index in [2.05, 4.69) is 14.9 Å². The molecule has 2 heterocycles. The second-order valence-corrected chi connectivity index (χ2v) is 5.28. The zero-order chi connectivity index (χ0) is 17.2. The number of aromatic nitrogens is 2. The van der Waals surface area contributed by atoms with E-state index < -0.39 is 0 Å². The predicted octanol–water partition coefficient (Wildman–Crippen LogP) is 2.50. The monoisotopic (exact) mass is 319 g/mol. The van der Waals surface area contributed by atoms with Crippen LogP contribution in [-0.2, 0) is 6.42 Å². The first-order chi connectivity index (χ1) is 11.2. The zero-order valence-electron chi connectivity index (χ0n) is 14.7. The van der Waals surface area contributed by atoms with Crippen molar-refractivity contribution in [2.45, 2.75) is 40.0 Å². The summed E-state index contributed by atoms with van der Waals surface area (Å²) in [5, 5.41) is 7.69. The van der Waals surface area contributed by atoms with Gasteiger partial charge < -0.3 is 15.0 Å². The average molecular weight is 319 g/mol. The summed E-state index contributed by atoms with van der Waals surface area (Å²) in [6.45, 7) is 9.34. The molecule has 128 valence electrons. The molecule has 1 aliphatic rings. The number of aliphatic hydroxyl groups is 1. The molecular weight excluding hydrogens is 290 g/mol. The summed E-state index contributed by atoms with van der Waals surface area (Å²) in [6, 6.07) is 5.73. The SMILES string of the molecule is CC.CO.Cc1cccc2c(=O)[nH]c(CCN3CCCC3)nc12. The van der Waals surface area contributed by atoms with E-state index in [9.17, 15) is 4.79 Å². The second-order valence-electron chi connectivity index (χ2n) is 5.28. The number of likely N-dealkylation sites (tertiary alicyclic amines) is 1. The van der Waals surface area contributed by atoms with Gasteiger partial charge in [0, 0.05) is 20.1 Å². The van der Waals surface area contributed by atoms with E-state index in [1.54, 1.807) is 0 Å². The fraction of sp³-hybridized carbons (Fsp3) is 0.556. The summed E-state index contributed by atoms with van der Waals surface area (Å²) in [5.74, 6) is 0.804. The molecule has 1 fully saturated rings. The van der Waals surface area contributed by atoms with E-state index in [-0.39, 0.29) is 5.56 Å². The topological polar surface area (TPSA) is 69.2 Å². The highest BCUT2D eigenvalue weighted by Crippen LogP contribution is 2.13. The minimum Gasteiger partial charge on any atom is -0.400 e. The summed E-state index contributed by atoms with van der Waals surface area (Å²) in [7, 11) is 1.00.